The molecule has 4 aromatic rings. The molecule has 0 spiro atoms. The summed E-state index contributed by atoms with van der Waals surface area (Å²) in [5, 5.41) is 3.94. The van der Waals surface area contributed by atoms with Crippen LogP contribution in [0.2, 0.25) is 0 Å². The van der Waals surface area contributed by atoms with E-state index in [1.165, 1.54) is 0 Å². The lowest BCUT2D eigenvalue weighted by atomic mass is 10.0. The molecule has 2 heterocycles. The molecule has 1 N–H and O–H groups in total. The van der Waals surface area contributed by atoms with E-state index in [9.17, 15) is 0 Å². The SMILES string of the molecule is CNc1nc(-c2cccc(-c3cncc(SC)c3)c2)c2cc(OC)c(OC)cc2n1. The Labute approximate surface area is 179 Å². The summed E-state index contributed by atoms with van der Waals surface area (Å²) in [6.45, 7) is 0. The number of fused-ring (bicyclic) bond motifs is 1. The number of methoxy groups -OCH3 is 2. The van der Waals surface area contributed by atoms with Gasteiger partial charge in [0.1, 0.15) is 0 Å². The van der Waals surface area contributed by atoms with Crippen LogP contribution >= 0.6 is 11.8 Å². The fourth-order valence-corrected chi connectivity index (χ4v) is 3.73. The fourth-order valence-electron chi connectivity index (χ4n) is 3.32. The average Bonchev–Trinajstić information content (AvgIpc) is 2.82. The molecule has 0 saturated carbocycles. The third kappa shape index (κ3) is 3.76. The number of ether oxygens (including phenoxy) is 2. The molecule has 152 valence electrons. The summed E-state index contributed by atoms with van der Waals surface area (Å²) in [5.74, 6) is 1.81. The molecular formula is C23H22N4O2S. The van der Waals surface area contributed by atoms with E-state index in [0.717, 1.165) is 38.2 Å². The van der Waals surface area contributed by atoms with Gasteiger partial charge < -0.3 is 14.8 Å². The second-order valence-corrected chi connectivity index (χ2v) is 7.44. The molecular weight excluding hydrogens is 396 g/mol. The Morgan fingerprint density at radius 1 is 0.867 bits per heavy atom. The lowest BCUT2D eigenvalue weighted by Gasteiger charge is -2.13. The first-order chi connectivity index (χ1) is 14.7. The molecule has 0 amide bonds. The molecule has 2 aromatic heterocycles. The fraction of sp³-hybridized carbons (Fsp3) is 0.174. The summed E-state index contributed by atoms with van der Waals surface area (Å²) in [6.07, 6.45) is 5.80. The van der Waals surface area contributed by atoms with E-state index < -0.39 is 0 Å². The van der Waals surface area contributed by atoms with Crippen molar-refractivity contribution in [2.24, 2.45) is 0 Å². The summed E-state index contributed by atoms with van der Waals surface area (Å²) in [6, 6.07) is 14.2. The molecule has 0 saturated heterocycles. The van der Waals surface area contributed by atoms with Crippen LogP contribution in [0.5, 0.6) is 11.5 Å². The minimum Gasteiger partial charge on any atom is -0.493 e. The summed E-state index contributed by atoms with van der Waals surface area (Å²) >= 11 is 1.68. The molecule has 0 atom stereocenters. The van der Waals surface area contributed by atoms with Crippen LogP contribution in [0.4, 0.5) is 5.95 Å². The Kier molecular flexibility index (Phi) is 5.72. The van der Waals surface area contributed by atoms with Gasteiger partial charge in [0.25, 0.3) is 0 Å². The quantitative estimate of drug-likeness (QED) is 0.435. The monoisotopic (exact) mass is 418 g/mol. The standard InChI is InChI=1S/C23H22N4O2S/c1-24-23-26-19-11-21(29-3)20(28-2)10-18(19)22(27-23)15-7-5-6-14(8-15)16-9-17(30-4)13-25-12-16/h5-13H,1-4H3,(H,24,26,27). The highest BCUT2D eigenvalue weighted by molar-refractivity contribution is 7.98. The van der Waals surface area contributed by atoms with E-state index >= 15 is 0 Å². The Balaban J connectivity index is 1.92. The van der Waals surface area contributed by atoms with Crippen LogP contribution in [0, 0.1) is 0 Å². The van der Waals surface area contributed by atoms with Gasteiger partial charge in [-0.15, -0.1) is 11.8 Å². The number of nitrogens with one attached hydrogen (secondary N) is 1. The minimum atomic E-state index is 0.543. The number of hydrogen-bond donors (Lipinski definition) is 1. The maximum Gasteiger partial charge on any atom is 0.223 e. The van der Waals surface area contributed by atoms with Gasteiger partial charge in [-0.3, -0.25) is 4.98 Å². The molecule has 0 aliphatic carbocycles. The molecule has 0 bridgehead atoms. The van der Waals surface area contributed by atoms with Crippen molar-refractivity contribution in [2.45, 2.75) is 4.90 Å². The van der Waals surface area contributed by atoms with Crippen LogP contribution in [-0.2, 0) is 0 Å². The number of benzene rings is 2. The van der Waals surface area contributed by atoms with Crippen LogP contribution in [0.15, 0.2) is 59.8 Å². The zero-order valence-electron chi connectivity index (χ0n) is 17.3. The lowest BCUT2D eigenvalue weighted by Crippen LogP contribution is -2.00. The number of nitrogens with zero attached hydrogens (tertiary/aromatic N) is 3. The highest BCUT2D eigenvalue weighted by Gasteiger charge is 2.15. The Morgan fingerprint density at radius 2 is 1.63 bits per heavy atom. The van der Waals surface area contributed by atoms with Gasteiger partial charge >= 0.3 is 0 Å². The highest BCUT2D eigenvalue weighted by atomic mass is 32.2. The average molecular weight is 419 g/mol. The van der Waals surface area contributed by atoms with Crippen LogP contribution < -0.4 is 14.8 Å². The molecule has 2 aromatic carbocycles. The van der Waals surface area contributed by atoms with Gasteiger partial charge in [0.2, 0.25) is 5.95 Å². The lowest BCUT2D eigenvalue weighted by molar-refractivity contribution is 0.356. The molecule has 0 unspecified atom stereocenters. The van der Waals surface area contributed by atoms with Crippen molar-refractivity contribution in [1.29, 1.82) is 0 Å². The Hall–Kier alpha value is -3.32. The van der Waals surface area contributed by atoms with E-state index in [2.05, 4.69) is 33.5 Å². The van der Waals surface area contributed by atoms with E-state index in [4.69, 9.17) is 14.5 Å². The first kappa shape index (κ1) is 20.0. The van der Waals surface area contributed by atoms with Crippen LogP contribution in [0.3, 0.4) is 0 Å². The predicted octanol–water partition coefficient (Wildman–Crippen LogP) is 5.14. The van der Waals surface area contributed by atoms with E-state index in [0.29, 0.717) is 17.4 Å². The number of hydrogen-bond acceptors (Lipinski definition) is 7. The maximum atomic E-state index is 5.50. The molecule has 30 heavy (non-hydrogen) atoms. The van der Waals surface area contributed by atoms with E-state index in [1.54, 1.807) is 26.0 Å². The van der Waals surface area contributed by atoms with Crippen molar-refractivity contribution < 1.29 is 9.47 Å². The second kappa shape index (κ2) is 8.59. The molecule has 7 heteroatoms. The van der Waals surface area contributed by atoms with Crippen molar-refractivity contribution >= 4 is 28.6 Å². The highest BCUT2D eigenvalue weighted by Crippen LogP contribution is 2.37. The molecule has 0 fully saturated rings. The van der Waals surface area contributed by atoms with Gasteiger partial charge in [0, 0.05) is 46.9 Å². The largest absolute Gasteiger partial charge is 0.493 e. The number of anilines is 1. The molecule has 0 aliphatic rings. The topological polar surface area (TPSA) is 69.2 Å². The zero-order chi connectivity index (χ0) is 21.1. The first-order valence-electron chi connectivity index (χ1n) is 9.38. The molecule has 6 nitrogen and oxygen atoms in total. The van der Waals surface area contributed by atoms with Gasteiger partial charge in [-0.1, -0.05) is 18.2 Å². The van der Waals surface area contributed by atoms with Gasteiger partial charge in [0.15, 0.2) is 11.5 Å². The molecule has 4 rings (SSSR count). The van der Waals surface area contributed by atoms with Gasteiger partial charge in [-0.25, -0.2) is 9.97 Å². The first-order valence-corrected chi connectivity index (χ1v) is 10.6. The number of pyridine rings is 1. The van der Waals surface area contributed by atoms with Crippen molar-refractivity contribution in [1.82, 2.24) is 15.0 Å². The van der Waals surface area contributed by atoms with Crippen molar-refractivity contribution in [3.05, 3.63) is 54.9 Å². The number of thioether (sulfide) groups is 1. The third-order valence-electron chi connectivity index (χ3n) is 4.84. The number of rotatable bonds is 6. The van der Waals surface area contributed by atoms with Gasteiger partial charge in [-0.05, 0) is 30.0 Å². The molecule has 0 aliphatic heterocycles. The Morgan fingerprint density at radius 3 is 2.37 bits per heavy atom. The van der Waals surface area contributed by atoms with Crippen LogP contribution in [0.1, 0.15) is 0 Å². The summed E-state index contributed by atoms with van der Waals surface area (Å²) < 4.78 is 11.0. The molecule has 0 radical (unpaired) electrons. The third-order valence-corrected chi connectivity index (χ3v) is 5.54. The predicted molar refractivity (Wildman–Crippen MR) is 123 cm³/mol. The normalized spacial score (nSPS) is 10.8. The number of aromatic nitrogens is 3. The maximum absolute atomic E-state index is 5.50. The minimum absolute atomic E-state index is 0.543. The summed E-state index contributed by atoms with van der Waals surface area (Å²) in [4.78, 5) is 14.8. The second-order valence-electron chi connectivity index (χ2n) is 6.56. The van der Waals surface area contributed by atoms with Crippen molar-refractivity contribution in [3.8, 4) is 33.9 Å². The smallest absolute Gasteiger partial charge is 0.223 e. The summed E-state index contributed by atoms with van der Waals surface area (Å²) in [7, 11) is 5.05. The van der Waals surface area contributed by atoms with Gasteiger partial charge in [0.05, 0.1) is 25.4 Å². The van der Waals surface area contributed by atoms with Crippen molar-refractivity contribution in [2.75, 3.05) is 32.8 Å². The van der Waals surface area contributed by atoms with Gasteiger partial charge in [-0.2, -0.15) is 0 Å². The van der Waals surface area contributed by atoms with E-state index in [1.807, 2.05) is 50.0 Å². The Bertz CT molecular complexity index is 1210. The van der Waals surface area contributed by atoms with Crippen molar-refractivity contribution in [3.63, 3.8) is 0 Å². The zero-order valence-corrected chi connectivity index (χ0v) is 18.1. The van der Waals surface area contributed by atoms with E-state index in [-0.39, 0.29) is 0 Å². The van der Waals surface area contributed by atoms with Crippen LogP contribution in [-0.4, -0.2) is 42.5 Å². The van der Waals surface area contributed by atoms with Crippen LogP contribution in [0.25, 0.3) is 33.3 Å². The summed E-state index contributed by atoms with van der Waals surface area (Å²) in [5.41, 5.74) is 4.72.